The quantitative estimate of drug-likeness (QED) is 0.764. The smallest absolute Gasteiger partial charge is 0.220 e. The maximum Gasteiger partial charge on any atom is 0.220 e. The van der Waals surface area contributed by atoms with Crippen LogP contribution < -0.4 is 0 Å². The molecule has 1 atom stereocenters. The maximum absolute atomic E-state index is 12.3. The van der Waals surface area contributed by atoms with Gasteiger partial charge in [0.05, 0.1) is 5.69 Å². The number of hydrogen-bond acceptors (Lipinski definition) is 4. The van der Waals surface area contributed by atoms with Crippen molar-refractivity contribution >= 4 is 17.2 Å². The van der Waals surface area contributed by atoms with E-state index in [9.17, 15) is 4.79 Å². The first-order chi connectivity index (χ1) is 13.0. The molecule has 2 aromatic rings. The molecule has 1 aliphatic heterocycles. The first kappa shape index (κ1) is 18.7. The minimum absolute atomic E-state index is 0.216. The Morgan fingerprint density at radius 3 is 2.81 bits per heavy atom. The van der Waals surface area contributed by atoms with Gasteiger partial charge in [-0.1, -0.05) is 6.92 Å². The summed E-state index contributed by atoms with van der Waals surface area (Å²) in [7, 11) is 2.01. The Morgan fingerprint density at radius 2 is 2.19 bits per heavy atom. The number of rotatable bonds is 6. The summed E-state index contributed by atoms with van der Waals surface area (Å²) in [6.07, 6.45) is 6.74. The minimum atomic E-state index is 0.216. The largest absolute Gasteiger partial charge is 0.335 e. The van der Waals surface area contributed by atoms with Crippen LogP contribution >= 0.6 is 11.3 Å². The van der Waals surface area contributed by atoms with E-state index < -0.39 is 0 Å². The Labute approximate surface area is 166 Å². The van der Waals surface area contributed by atoms with Crippen molar-refractivity contribution < 1.29 is 4.79 Å². The number of piperidine rings is 1. The van der Waals surface area contributed by atoms with E-state index in [1.165, 1.54) is 36.1 Å². The van der Waals surface area contributed by atoms with Gasteiger partial charge in [-0.05, 0) is 66.6 Å². The monoisotopic (exact) mass is 386 g/mol. The molecular weight excluding hydrogens is 356 g/mol. The van der Waals surface area contributed by atoms with Crippen molar-refractivity contribution in [3.63, 3.8) is 0 Å². The molecular formula is C21H30N4OS. The molecule has 0 aromatic carbocycles. The van der Waals surface area contributed by atoms with Gasteiger partial charge >= 0.3 is 0 Å². The summed E-state index contributed by atoms with van der Waals surface area (Å²) in [4.78, 5) is 16.9. The fourth-order valence-electron chi connectivity index (χ4n) is 4.74. The third-order valence-electron chi connectivity index (χ3n) is 6.43. The summed E-state index contributed by atoms with van der Waals surface area (Å²) in [5.74, 6) is 0.216. The molecule has 4 rings (SSSR count). The summed E-state index contributed by atoms with van der Waals surface area (Å²) in [6.45, 7) is 7.92. The number of aryl methyl sites for hydroxylation is 2. The van der Waals surface area contributed by atoms with E-state index in [1.807, 2.05) is 11.7 Å². The summed E-state index contributed by atoms with van der Waals surface area (Å²) >= 11 is 1.71. The van der Waals surface area contributed by atoms with Crippen molar-refractivity contribution in [2.75, 3.05) is 13.1 Å². The van der Waals surface area contributed by atoms with Crippen LogP contribution in [0.25, 0.3) is 0 Å². The van der Waals surface area contributed by atoms with Crippen LogP contribution in [0.3, 0.4) is 0 Å². The second kappa shape index (κ2) is 7.40. The van der Waals surface area contributed by atoms with Crippen LogP contribution in [0.15, 0.2) is 23.0 Å². The molecule has 1 spiro atoms. The van der Waals surface area contributed by atoms with Gasteiger partial charge in [0.2, 0.25) is 5.91 Å². The Hall–Kier alpha value is -1.66. The van der Waals surface area contributed by atoms with Crippen LogP contribution in [0.2, 0.25) is 0 Å². The van der Waals surface area contributed by atoms with Gasteiger partial charge in [-0.3, -0.25) is 14.4 Å². The van der Waals surface area contributed by atoms with Gasteiger partial charge in [-0.15, -0.1) is 0 Å². The highest BCUT2D eigenvalue weighted by Gasteiger charge is 2.58. The lowest BCUT2D eigenvalue weighted by molar-refractivity contribution is -0.130. The standard InChI is InChI=1S/C21H30N4OS/c1-4-19-18(13-23(3)22-19)14-24-8-6-21(7-9-24)11-20(21)25(16(2)26)12-17-5-10-27-15-17/h5,10,13,15,20H,4,6-9,11-12,14H2,1-3H3. The number of thiophene rings is 1. The SMILES string of the molecule is CCc1nn(C)cc1CN1CCC2(CC1)CC2N(Cc1ccsc1)C(C)=O. The first-order valence-corrected chi connectivity index (χ1v) is 11.0. The number of nitrogens with zero attached hydrogens (tertiary/aromatic N) is 4. The fourth-order valence-corrected chi connectivity index (χ4v) is 5.40. The average molecular weight is 387 g/mol. The zero-order chi connectivity index (χ0) is 19.0. The fraction of sp³-hybridized carbons (Fsp3) is 0.619. The van der Waals surface area contributed by atoms with E-state index in [4.69, 9.17) is 0 Å². The molecule has 6 heteroatoms. The molecule has 27 heavy (non-hydrogen) atoms. The first-order valence-electron chi connectivity index (χ1n) is 10.0. The Bertz CT molecular complexity index is 789. The van der Waals surface area contributed by atoms with E-state index in [0.717, 1.165) is 32.6 Å². The zero-order valence-electron chi connectivity index (χ0n) is 16.6. The molecule has 0 N–H and O–H groups in total. The van der Waals surface area contributed by atoms with Gasteiger partial charge in [0.15, 0.2) is 0 Å². The second-order valence-corrected chi connectivity index (χ2v) is 9.05. The highest BCUT2D eigenvalue weighted by molar-refractivity contribution is 7.07. The van der Waals surface area contributed by atoms with Crippen molar-refractivity contribution in [2.24, 2.45) is 12.5 Å². The van der Waals surface area contributed by atoms with Crippen LogP contribution in [0.5, 0.6) is 0 Å². The van der Waals surface area contributed by atoms with Gasteiger partial charge in [-0.2, -0.15) is 16.4 Å². The zero-order valence-corrected chi connectivity index (χ0v) is 17.5. The van der Waals surface area contributed by atoms with Crippen LogP contribution in [0.4, 0.5) is 0 Å². The summed E-state index contributed by atoms with van der Waals surface area (Å²) in [5.41, 5.74) is 4.21. The van der Waals surface area contributed by atoms with Gasteiger partial charge < -0.3 is 4.90 Å². The van der Waals surface area contributed by atoms with Gasteiger partial charge in [0.1, 0.15) is 0 Å². The lowest BCUT2D eigenvalue weighted by atomic mass is 9.92. The molecule has 2 aromatic heterocycles. The second-order valence-electron chi connectivity index (χ2n) is 8.27. The number of hydrogen-bond donors (Lipinski definition) is 0. The van der Waals surface area contributed by atoms with Crippen molar-refractivity contribution in [2.45, 2.75) is 58.7 Å². The Balaban J connectivity index is 1.35. The lowest BCUT2D eigenvalue weighted by Gasteiger charge is -2.34. The third-order valence-corrected chi connectivity index (χ3v) is 7.16. The number of carbonyl (C=O) groups is 1. The number of amides is 1. The molecule has 0 bridgehead atoms. The molecule has 1 aliphatic carbocycles. The van der Waals surface area contributed by atoms with Crippen molar-refractivity contribution in [3.8, 4) is 0 Å². The lowest BCUT2D eigenvalue weighted by Crippen LogP contribution is -2.39. The Kier molecular flexibility index (Phi) is 5.12. The summed E-state index contributed by atoms with van der Waals surface area (Å²) < 4.78 is 1.94. The average Bonchev–Trinajstić information content (AvgIpc) is 2.99. The molecule has 146 valence electrons. The van der Waals surface area contributed by atoms with E-state index in [0.29, 0.717) is 11.5 Å². The number of carbonyl (C=O) groups excluding carboxylic acids is 1. The number of aromatic nitrogens is 2. The normalized spacial score (nSPS) is 21.5. The van der Waals surface area contributed by atoms with Crippen molar-refractivity contribution in [1.29, 1.82) is 0 Å². The molecule has 0 radical (unpaired) electrons. The molecule has 2 fully saturated rings. The van der Waals surface area contributed by atoms with Crippen LogP contribution in [0.1, 0.15) is 49.9 Å². The van der Waals surface area contributed by atoms with E-state index in [1.54, 1.807) is 18.3 Å². The highest BCUT2D eigenvalue weighted by Crippen LogP contribution is 2.57. The van der Waals surface area contributed by atoms with E-state index in [2.05, 4.69) is 44.8 Å². The third kappa shape index (κ3) is 3.83. The Morgan fingerprint density at radius 1 is 1.41 bits per heavy atom. The van der Waals surface area contributed by atoms with Gasteiger partial charge in [0, 0.05) is 44.9 Å². The van der Waals surface area contributed by atoms with Crippen molar-refractivity contribution in [3.05, 3.63) is 39.8 Å². The highest BCUT2D eigenvalue weighted by atomic mass is 32.1. The maximum atomic E-state index is 12.3. The number of likely N-dealkylation sites (tertiary alicyclic amines) is 1. The summed E-state index contributed by atoms with van der Waals surface area (Å²) in [6, 6.07) is 2.57. The predicted molar refractivity (Wildman–Crippen MR) is 108 cm³/mol. The van der Waals surface area contributed by atoms with E-state index >= 15 is 0 Å². The molecule has 1 unspecified atom stereocenters. The molecule has 3 heterocycles. The van der Waals surface area contributed by atoms with Crippen LogP contribution in [0, 0.1) is 5.41 Å². The topological polar surface area (TPSA) is 41.4 Å². The van der Waals surface area contributed by atoms with E-state index in [-0.39, 0.29) is 5.91 Å². The van der Waals surface area contributed by atoms with Crippen LogP contribution in [-0.4, -0.2) is 44.6 Å². The van der Waals surface area contributed by atoms with Gasteiger partial charge in [-0.25, -0.2) is 0 Å². The van der Waals surface area contributed by atoms with Crippen molar-refractivity contribution in [1.82, 2.24) is 19.6 Å². The minimum Gasteiger partial charge on any atom is -0.335 e. The predicted octanol–water partition coefficient (Wildman–Crippen LogP) is 3.45. The molecule has 1 saturated heterocycles. The summed E-state index contributed by atoms with van der Waals surface area (Å²) in [5, 5.41) is 8.83. The molecule has 1 saturated carbocycles. The van der Waals surface area contributed by atoms with Crippen LogP contribution in [-0.2, 0) is 31.4 Å². The molecule has 2 aliphatic rings. The molecule has 5 nitrogen and oxygen atoms in total. The molecule has 1 amide bonds. The van der Waals surface area contributed by atoms with Gasteiger partial charge in [0.25, 0.3) is 0 Å².